The molecule has 0 bridgehead atoms. The summed E-state index contributed by atoms with van der Waals surface area (Å²) in [4.78, 5) is 24.4. The number of hydrogen-bond acceptors (Lipinski definition) is 10. The molecule has 3 aromatic rings. The first-order valence-electron chi connectivity index (χ1n) is 8.89. The number of rotatable bonds is 6. The molecule has 1 aliphatic heterocycles. The van der Waals surface area contributed by atoms with Gasteiger partial charge in [0.25, 0.3) is 5.69 Å². The molecular weight excluding hydrogens is 400 g/mol. The van der Waals surface area contributed by atoms with Gasteiger partial charge in [-0.2, -0.15) is 4.73 Å². The molecule has 0 unspecified atom stereocenters. The molecule has 0 amide bonds. The van der Waals surface area contributed by atoms with E-state index in [1.807, 2.05) is 0 Å². The quantitative estimate of drug-likeness (QED) is 0.284. The van der Waals surface area contributed by atoms with Crippen LogP contribution >= 0.6 is 0 Å². The third-order valence-corrected chi connectivity index (χ3v) is 4.84. The van der Waals surface area contributed by atoms with Crippen LogP contribution in [-0.4, -0.2) is 64.4 Å². The standard InChI is InChI=1S/C17H18N6O7/c18-15-12-16(21(7-19-12)17-14(26)13(25)11(5-24)30-17)20-8-22(15)29-6-9-3-1-2-4-10(9)23(27)28/h1-4,7-8,11,13-14,17-18,24-26H,5-6H2/t11-,13-,14-,17-/m1/s1. The van der Waals surface area contributed by atoms with E-state index in [9.17, 15) is 25.4 Å². The van der Waals surface area contributed by atoms with Crippen LogP contribution in [0.5, 0.6) is 0 Å². The molecule has 4 atom stereocenters. The molecule has 0 radical (unpaired) electrons. The number of fused-ring (bicyclic) bond motifs is 1. The molecule has 1 fully saturated rings. The number of aromatic nitrogens is 4. The minimum absolute atomic E-state index is 0.104. The Hall–Kier alpha value is -3.39. The Labute approximate surface area is 168 Å². The summed E-state index contributed by atoms with van der Waals surface area (Å²) in [5.74, 6) is 0. The van der Waals surface area contributed by atoms with Crippen molar-refractivity contribution < 1.29 is 29.8 Å². The van der Waals surface area contributed by atoms with Gasteiger partial charge in [0.15, 0.2) is 22.9 Å². The van der Waals surface area contributed by atoms with Gasteiger partial charge in [0.05, 0.1) is 23.4 Å². The summed E-state index contributed by atoms with van der Waals surface area (Å²) in [6.45, 7) is -0.644. The van der Waals surface area contributed by atoms with Crippen LogP contribution in [0.3, 0.4) is 0 Å². The summed E-state index contributed by atoms with van der Waals surface area (Å²) >= 11 is 0. The molecular formula is C17H18N6O7. The van der Waals surface area contributed by atoms with Crippen molar-refractivity contribution in [1.82, 2.24) is 19.3 Å². The van der Waals surface area contributed by atoms with Crippen LogP contribution in [-0.2, 0) is 11.3 Å². The van der Waals surface area contributed by atoms with Gasteiger partial charge < -0.3 is 24.9 Å². The molecule has 3 heterocycles. The van der Waals surface area contributed by atoms with Crippen LogP contribution in [0.2, 0.25) is 0 Å². The number of nitro groups is 1. The molecule has 0 aliphatic carbocycles. The second kappa shape index (κ2) is 7.79. The first kappa shape index (κ1) is 19.9. The lowest BCUT2D eigenvalue weighted by molar-refractivity contribution is -0.385. The molecule has 0 saturated carbocycles. The number of aliphatic hydroxyl groups is 3. The van der Waals surface area contributed by atoms with Gasteiger partial charge >= 0.3 is 0 Å². The molecule has 30 heavy (non-hydrogen) atoms. The van der Waals surface area contributed by atoms with E-state index in [0.717, 1.165) is 4.73 Å². The average molecular weight is 418 g/mol. The summed E-state index contributed by atoms with van der Waals surface area (Å²) in [6.07, 6.45) is -2.12. The Balaban J connectivity index is 1.61. The largest absolute Gasteiger partial charge is 0.406 e. The van der Waals surface area contributed by atoms with E-state index in [1.165, 1.54) is 23.3 Å². The molecule has 1 saturated heterocycles. The minimum Gasteiger partial charge on any atom is -0.406 e. The fourth-order valence-electron chi connectivity index (χ4n) is 3.26. The lowest BCUT2D eigenvalue weighted by Crippen LogP contribution is -2.33. The van der Waals surface area contributed by atoms with Crippen LogP contribution in [0, 0.1) is 15.5 Å². The van der Waals surface area contributed by atoms with E-state index in [1.54, 1.807) is 18.2 Å². The van der Waals surface area contributed by atoms with Crippen molar-refractivity contribution in [2.75, 3.05) is 6.61 Å². The molecule has 1 aliphatic rings. The highest BCUT2D eigenvalue weighted by Crippen LogP contribution is 2.30. The third-order valence-electron chi connectivity index (χ3n) is 4.84. The molecule has 13 nitrogen and oxygen atoms in total. The molecule has 4 rings (SSSR count). The topological polar surface area (TPSA) is 182 Å². The van der Waals surface area contributed by atoms with Gasteiger partial charge in [-0.25, -0.2) is 9.97 Å². The fraction of sp³-hybridized carbons (Fsp3) is 0.353. The van der Waals surface area contributed by atoms with E-state index in [0.29, 0.717) is 5.56 Å². The molecule has 4 N–H and O–H groups in total. The number of hydrogen-bond donors (Lipinski definition) is 4. The van der Waals surface area contributed by atoms with Crippen LogP contribution in [0.1, 0.15) is 11.8 Å². The van der Waals surface area contributed by atoms with E-state index in [4.69, 9.17) is 15.0 Å². The minimum atomic E-state index is -1.32. The lowest BCUT2D eigenvalue weighted by Gasteiger charge is -2.16. The van der Waals surface area contributed by atoms with E-state index < -0.39 is 36.1 Å². The van der Waals surface area contributed by atoms with E-state index >= 15 is 0 Å². The Bertz CT molecular complexity index is 1150. The van der Waals surface area contributed by atoms with Crippen molar-refractivity contribution in [3.63, 3.8) is 0 Å². The first-order chi connectivity index (χ1) is 14.4. The van der Waals surface area contributed by atoms with Gasteiger partial charge in [-0.05, 0) is 6.07 Å². The van der Waals surface area contributed by atoms with Crippen molar-refractivity contribution in [3.05, 3.63) is 58.1 Å². The van der Waals surface area contributed by atoms with Crippen LogP contribution in [0.25, 0.3) is 11.2 Å². The zero-order valence-corrected chi connectivity index (χ0v) is 15.4. The number of para-hydroxylation sites is 1. The zero-order chi connectivity index (χ0) is 21.4. The van der Waals surface area contributed by atoms with Gasteiger partial charge in [-0.3, -0.25) is 20.1 Å². The second-order valence-corrected chi connectivity index (χ2v) is 6.63. The van der Waals surface area contributed by atoms with Gasteiger partial charge in [0.1, 0.15) is 31.2 Å². The maximum Gasteiger partial charge on any atom is 0.276 e. The molecule has 2 aromatic heterocycles. The molecule has 0 spiro atoms. The number of imidazole rings is 1. The molecule has 1 aromatic carbocycles. The molecule has 13 heteroatoms. The number of benzene rings is 1. The van der Waals surface area contributed by atoms with Gasteiger partial charge in [0, 0.05) is 6.07 Å². The fourth-order valence-corrected chi connectivity index (χ4v) is 3.26. The molecule has 158 valence electrons. The Kier molecular flexibility index (Phi) is 5.17. The van der Waals surface area contributed by atoms with Crippen LogP contribution < -0.4 is 10.3 Å². The summed E-state index contributed by atoms with van der Waals surface area (Å²) in [7, 11) is 0. The smallest absolute Gasteiger partial charge is 0.276 e. The van der Waals surface area contributed by atoms with Crippen molar-refractivity contribution in [1.29, 1.82) is 5.41 Å². The summed E-state index contributed by atoms with van der Waals surface area (Å²) < 4.78 is 7.84. The van der Waals surface area contributed by atoms with Crippen molar-refractivity contribution in [2.24, 2.45) is 0 Å². The van der Waals surface area contributed by atoms with E-state index in [-0.39, 0.29) is 28.9 Å². The number of nitrogens with zero attached hydrogens (tertiary/aromatic N) is 5. The Morgan fingerprint density at radius 3 is 2.70 bits per heavy atom. The maximum atomic E-state index is 11.1. The normalized spacial score (nSPS) is 23.7. The number of aliphatic hydroxyl groups excluding tert-OH is 3. The van der Waals surface area contributed by atoms with Gasteiger partial charge in [-0.15, -0.1) is 0 Å². The van der Waals surface area contributed by atoms with Gasteiger partial charge in [0.2, 0.25) is 0 Å². The lowest BCUT2D eigenvalue weighted by atomic mass is 10.1. The van der Waals surface area contributed by atoms with Crippen molar-refractivity contribution in [3.8, 4) is 0 Å². The Morgan fingerprint density at radius 1 is 1.23 bits per heavy atom. The number of ether oxygens (including phenoxy) is 1. The van der Waals surface area contributed by atoms with E-state index in [2.05, 4.69) is 9.97 Å². The highest BCUT2D eigenvalue weighted by Gasteiger charge is 2.44. The van der Waals surface area contributed by atoms with Crippen molar-refractivity contribution in [2.45, 2.75) is 31.1 Å². The van der Waals surface area contributed by atoms with Gasteiger partial charge in [-0.1, -0.05) is 12.1 Å². The Morgan fingerprint density at radius 2 is 2.00 bits per heavy atom. The zero-order valence-electron chi connectivity index (χ0n) is 15.4. The number of nitrogens with one attached hydrogen (secondary N) is 1. The summed E-state index contributed by atoms with van der Waals surface area (Å²) in [6, 6.07) is 6.09. The summed E-state index contributed by atoms with van der Waals surface area (Å²) in [5, 5.41) is 48.8. The number of nitro benzene ring substituents is 1. The monoisotopic (exact) mass is 418 g/mol. The highest BCUT2D eigenvalue weighted by molar-refractivity contribution is 5.68. The SMILES string of the molecule is N=c1c2ncn([C@@H]3O[C@H](CO)[C@@H](O)[C@H]3O)c2ncn1OCc1ccccc1[N+](=O)[O-]. The van der Waals surface area contributed by atoms with Crippen molar-refractivity contribution >= 4 is 16.9 Å². The third kappa shape index (κ3) is 3.29. The average Bonchev–Trinajstić information content (AvgIpc) is 3.29. The first-order valence-corrected chi connectivity index (χ1v) is 8.89. The maximum absolute atomic E-state index is 11.1. The highest BCUT2D eigenvalue weighted by atomic mass is 16.7. The predicted molar refractivity (Wildman–Crippen MR) is 97.8 cm³/mol. The second-order valence-electron chi connectivity index (χ2n) is 6.63. The predicted octanol–water partition coefficient (Wildman–Crippen LogP) is -1.14. The van der Waals surface area contributed by atoms with Crippen LogP contribution in [0.4, 0.5) is 5.69 Å². The van der Waals surface area contributed by atoms with Crippen LogP contribution in [0.15, 0.2) is 36.9 Å². The summed E-state index contributed by atoms with van der Waals surface area (Å²) in [5.41, 5.74) is 0.362.